The molecule has 2 rings (SSSR count). The Balaban J connectivity index is 1.60. The minimum absolute atomic E-state index is 0.122. The first-order chi connectivity index (χ1) is 10.7. The van der Waals surface area contributed by atoms with Gasteiger partial charge in [0.25, 0.3) is 0 Å². The van der Waals surface area contributed by atoms with Gasteiger partial charge in [0.1, 0.15) is 5.82 Å². The maximum Gasteiger partial charge on any atom is 0.409 e. The number of hydrogen-bond donors (Lipinski definition) is 2. The molecule has 1 aliphatic heterocycles. The summed E-state index contributed by atoms with van der Waals surface area (Å²) >= 11 is 0. The first-order valence-corrected chi connectivity index (χ1v) is 7.29. The van der Waals surface area contributed by atoms with E-state index in [-0.39, 0.29) is 30.9 Å². The molecule has 1 aromatic rings. The van der Waals surface area contributed by atoms with Gasteiger partial charge in [-0.3, -0.25) is 4.79 Å². The van der Waals surface area contributed by atoms with E-state index in [1.165, 1.54) is 6.07 Å². The van der Waals surface area contributed by atoms with Crippen molar-refractivity contribution in [2.24, 2.45) is 0 Å². The number of halogens is 1. The predicted octanol–water partition coefficient (Wildman–Crippen LogP) is 0.874. The molecule has 0 atom stereocenters. The molecule has 1 fully saturated rings. The number of benzene rings is 1. The van der Waals surface area contributed by atoms with Crippen LogP contribution in [-0.4, -0.2) is 49.7 Å². The van der Waals surface area contributed by atoms with E-state index in [4.69, 9.17) is 4.74 Å². The number of cyclic esters (lactones) is 1. The second-order valence-electron chi connectivity index (χ2n) is 5.00. The van der Waals surface area contributed by atoms with Gasteiger partial charge in [0.15, 0.2) is 0 Å². The van der Waals surface area contributed by atoms with E-state index in [2.05, 4.69) is 10.6 Å². The van der Waals surface area contributed by atoms with Crippen LogP contribution in [0.15, 0.2) is 24.3 Å². The summed E-state index contributed by atoms with van der Waals surface area (Å²) in [5.74, 6) is -0.552. The molecule has 0 spiro atoms. The number of ether oxygens (including phenoxy) is 1. The van der Waals surface area contributed by atoms with Crippen molar-refractivity contribution in [2.75, 3.05) is 32.8 Å². The summed E-state index contributed by atoms with van der Waals surface area (Å²) in [4.78, 5) is 24.6. The second-order valence-corrected chi connectivity index (χ2v) is 5.00. The number of rotatable bonds is 7. The Labute approximate surface area is 128 Å². The van der Waals surface area contributed by atoms with Crippen molar-refractivity contribution in [3.8, 4) is 0 Å². The predicted molar refractivity (Wildman–Crippen MR) is 78.7 cm³/mol. The average molecular weight is 309 g/mol. The molecule has 120 valence electrons. The molecule has 1 aliphatic rings. The minimum Gasteiger partial charge on any atom is -0.449 e. The lowest BCUT2D eigenvalue weighted by Crippen LogP contribution is -2.43. The van der Waals surface area contributed by atoms with Crippen molar-refractivity contribution in [1.82, 2.24) is 15.5 Å². The normalized spacial score (nSPS) is 14.6. The van der Waals surface area contributed by atoms with Gasteiger partial charge in [-0.25, -0.2) is 9.18 Å². The van der Waals surface area contributed by atoms with Gasteiger partial charge in [-0.15, -0.1) is 0 Å². The molecule has 22 heavy (non-hydrogen) atoms. The van der Waals surface area contributed by atoms with Crippen LogP contribution in [-0.2, 0) is 16.1 Å². The maximum absolute atomic E-state index is 13.4. The van der Waals surface area contributed by atoms with Gasteiger partial charge >= 0.3 is 6.09 Å². The molecule has 1 aromatic carbocycles. The number of carbonyl (C=O) groups excluding carboxylic acids is 2. The highest BCUT2D eigenvalue weighted by Crippen LogP contribution is 2.05. The van der Waals surface area contributed by atoms with Crippen LogP contribution < -0.4 is 10.6 Å². The van der Waals surface area contributed by atoms with E-state index in [0.29, 0.717) is 31.8 Å². The van der Waals surface area contributed by atoms with Gasteiger partial charge in [0, 0.05) is 31.7 Å². The molecule has 0 aliphatic carbocycles. The third-order valence-electron chi connectivity index (χ3n) is 3.33. The SMILES string of the molecule is O=C(CNCCN1CCCOC1=O)NCc1ccccc1F. The summed E-state index contributed by atoms with van der Waals surface area (Å²) in [6.07, 6.45) is 0.520. The Morgan fingerprint density at radius 1 is 1.36 bits per heavy atom. The van der Waals surface area contributed by atoms with E-state index in [0.717, 1.165) is 6.42 Å². The fourth-order valence-corrected chi connectivity index (χ4v) is 2.11. The van der Waals surface area contributed by atoms with Crippen molar-refractivity contribution in [3.05, 3.63) is 35.6 Å². The highest BCUT2D eigenvalue weighted by atomic mass is 19.1. The van der Waals surface area contributed by atoms with E-state index in [1.54, 1.807) is 23.1 Å². The lowest BCUT2D eigenvalue weighted by atomic mass is 10.2. The van der Waals surface area contributed by atoms with Gasteiger partial charge < -0.3 is 20.3 Å². The molecular weight excluding hydrogens is 289 g/mol. The molecule has 0 saturated carbocycles. The number of amides is 2. The maximum atomic E-state index is 13.4. The first kappa shape index (κ1) is 16.2. The number of carbonyl (C=O) groups is 2. The van der Waals surface area contributed by atoms with E-state index in [9.17, 15) is 14.0 Å². The fraction of sp³-hybridized carbons (Fsp3) is 0.467. The topological polar surface area (TPSA) is 70.7 Å². The van der Waals surface area contributed by atoms with Crippen molar-refractivity contribution in [3.63, 3.8) is 0 Å². The zero-order valence-corrected chi connectivity index (χ0v) is 12.3. The molecule has 2 amide bonds. The molecule has 7 heteroatoms. The van der Waals surface area contributed by atoms with Crippen LogP contribution in [0, 0.1) is 5.82 Å². The van der Waals surface area contributed by atoms with Crippen LogP contribution in [0.4, 0.5) is 9.18 Å². The molecule has 0 unspecified atom stereocenters. The highest BCUT2D eigenvalue weighted by Gasteiger charge is 2.18. The summed E-state index contributed by atoms with van der Waals surface area (Å²) in [7, 11) is 0. The molecule has 1 heterocycles. The van der Waals surface area contributed by atoms with Gasteiger partial charge in [-0.05, 0) is 12.5 Å². The first-order valence-electron chi connectivity index (χ1n) is 7.29. The van der Waals surface area contributed by atoms with Gasteiger partial charge in [0.05, 0.1) is 13.2 Å². The molecule has 0 aromatic heterocycles. The Kier molecular flexibility index (Phi) is 6.14. The largest absolute Gasteiger partial charge is 0.449 e. The molecule has 0 bridgehead atoms. The fourth-order valence-electron chi connectivity index (χ4n) is 2.11. The van der Waals surface area contributed by atoms with Gasteiger partial charge in [-0.2, -0.15) is 0 Å². The van der Waals surface area contributed by atoms with Crippen molar-refractivity contribution in [1.29, 1.82) is 0 Å². The molecule has 2 N–H and O–H groups in total. The van der Waals surface area contributed by atoms with Crippen LogP contribution in [0.25, 0.3) is 0 Å². The monoisotopic (exact) mass is 309 g/mol. The van der Waals surface area contributed by atoms with Crippen molar-refractivity contribution in [2.45, 2.75) is 13.0 Å². The van der Waals surface area contributed by atoms with Crippen LogP contribution in [0.5, 0.6) is 0 Å². The number of nitrogens with one attached hydrogen (secondary N) is 2. The van der Waals surface area contributed by atoms with Crippen molar-refractivity contribution < 1.29 is 18.7 Å². The quantitative estimate of drug-likeness (QED) is 0.733. The number of hydrogen-bond acceptors (Lipinski definition) is 4. The smallest absolute Gasteiger partial charge is 0.409 e. The van der Waals surface area contributed by atoms with Crippen molar-refractivity contribution >= 4 is 12.0 Å². The third kappa shape index (κ3) is 5.00. The highest BCUT2D eigenvalue weighted by molar-refractivity contribution is 5.78. The van der Waals surface area contributed by atoms with Gasteiger partial charge in [0.2, 0.25) is 5.91 Å². The summed E-state index contributed by atoms with van der Waals surface area (Å²) < 4.78 is 18.3. The standard InChI is InChI=1S/C15H20FN3O3/c16-13-5-2-1-4-12(13)10-18-14(20)11-17-6-8-19-7-3-9-22-15(19)21/h1-2,4-5,17H,3,6-11H2,(H,18,20). The summed E-state index contributed by atoms with van der Waals surface area (Å²) in [5, 5.41) is 5.59. The summed E-state index contributed by atoms with van der Waals surface area (Å²) in [6.45, 7) is 2.44. The molecule has 1 saturated heterocycles. The van der Waals surface area contributed by atoms with E-state index in [1.807, 2.05) is 0 Å². The lowest BCUT2D eigenvalue weighted by molar-refractivity contribution is -0.120. The van der Waals surface area contributed by atoms with Crippen LogP contribution in [0.2, 0.25) is 0 Å². The molecular formula is C15H20FN3O3. The average Bonchev–Trinajstić information content (AvgIpc) is 2.52. The number of nitrogens with zero attached hydrogens (tertiary/aromatic N) is 1. The Hall–Kier alpha value is -2.15. The Bertz CT molecular complexity index is 525. The Morgan fingerprint density at radius 2 is 2.18 bits per heavy atom. The second kappa shape index (κ2) is 8.33. The van der Waals surface area contributed by atoms with Crippen LogP contribution >= 0.6 is 0 Å². The van der Waals surface area contributed by atoms with E-state index >= 15 is 0 Å². The minimum atomic E-state index is -0.334. The molecule has 0 radical (unpaired) electrons. The van der Waals surface area contributed by atoms with Gasteiger partial charge in [-0.1, -0.05) is 18.2 Å². The Morgan fingerprint density at radius 3 is 2.95 bits per heavy atom. The zero-order chi connectivity index (χ0) is 15.8. The lowest BCUT2D eigenvalue weighted by Gasteiger charge is -2.26. The van der Waals surface area contributed by atoms with Crippen LogP contribution in [0.3, 0.4) is 0 Å². The van der Waals surface area contributed by atoms with E-state index < -0.39 is 0 Å². The zero-order valence-electron chi connectivity index (χ0n) is 12.3. The third-order valence-corrected chi connectivity index (χ3v) is 3.33. The summed E-state index contributed by atoms with van der Waals surface area (Å²) in [5.41, 5.74) is 0.451. The molecule has 6 nitrogen and oxygen atoms in total. The van der Waals surface area contributed by atoms with Crippen LogP contribution in [0.1, 0.15) is 12.0 Å². The summed E-state index contributed by atoms with van der Waals surface area (Å²) in [6, 6.07) is 6.32.